The van der Waals surface area contributed by atoms with E-state index in [9.17, 15) is 0 Å². The average Bonchev–Trinajstić information content (AvgIpc) is 2.55. The number of terminal acetylenes is 1. The molecule has 1 heterocycles. The summed E-state index contributed by atoms with van der Waals surface area (Å²) in [6.45, 7) is 6.60. The first-order valence-electron chi connectivity index (χ1n) is 8.06. The lowest BCUT2D eigenvalue weighted by molar-refractivity contribution is 0.198. The zero-order valence-electron chi connectivity index (χ0n) is 13.8. The fourth-order valence-electron chi connectivity index (χ4n) is 2.72. The van der Waals surface area contributed by atoms with E-state index in [4.69, 9.17) is 6.42 Å². The Hall–Kier alpha value is -1.26. The summed E-state index contributed by atoms with van der Waals surface area (Å²) in [5.41, 5.74) is 1.39. The molecule has 1 aliphatic heterocycles. The number of benzene rings is 1. The molecule has 5 heteroatoms. The van der Waals surface area contributed by atoms with E-state index in [-0.39, 0.29) is 24.0 Å². The predicted molar refractivity (Wildman–Crippen MR) is 108 cm³/mol. The van der Waals surface area contributed by atoms with Crippen LogP contribution in [0.5, 0.6) is 0 Å². The second-order valence-electron chi connectivity index (χ2n) is 5.58. The number of nitrogens with one attached hydrogen (secondary N) is 2. The van der Waals surface area contributed by atoms with Crippen molar-refractivity contribution in [1.29, 1.82) is 0 Å². The molecule has 0 radical (unpaired) electrons. The highest BCUT2D eigenvalue weighted by molar-refractivity contribution is 14.0. The molecule has 0 aromatic heterocycles. The van der Waals surface area contributed by atoms with Crippen LogP contribution in [0.25, 0.3) is 0 Å². The van der Waals surface area contributed by atoms with Crippen LogP contribution >= 0.6 is 24.0 Å². The van der Waals surface area contributed by atoms with Crippen molar-refractivity contribution in [3.63, 3.8) is 0 Å². The van der Waals surface area contributed by atoms with Crippen molar-refractivity contribution in [3.8, 4) is 12.3 Å². The van der Waals surface area contributed by atoms with Crippen molar-refractivity contribution in [2.24, 2.45) is 4.99 Å². The molecule has 1 aliphatic rings. The highest BCUT2D eigenvalue weighted by atomic mass is 127. The van der Waals surface area contributed by atoms with E-state index in [1.165, 1.54) is 5.56 Å². The van der Waals surface area contributed by atoms with Gasteiger partial charge in [-0.1, -0.05) is 36.3 Å². The van der Waals surface area contributed by atoms with Gasteiger partial charge in [-0.15, -0.1) is 30.4 Å². The normalized spacial score (nSPS) is 16.3. The Balaban J connectivity index is 0.00000264. The Kier molecular flexibility index (Phi) is 9.72. The van der Waals surface area contributed by atoms with Gasteiger partial charge in [-0.2, -0.15) is 0 Å². The maximum absolute atomic E-state index is 5.28. The van der Waals surface area contributed by atoms with Gasteiger partial charge in [0.1, 0.15) is 6.54 Å². The van der Waals surface area contributed by atoms with Gasteiger partial charge in [-0.25, -0.2) is 4.99 Å². The molecule has 0 amide bonds. The van der Waals surface area contributed by atoms with Crippen LogP contribution in [0.3, 0.4) is 0 Å². The van der Waals surface area contributed by atoms with E-state index >= 15 is 0 Å². The van der Waals surface area contributed by atoms with Gasteiger partial charge in [-0.3, -0.25) is 4.90 Å². The Morgan fingerprint density at radius 1 is 1.30 bits per heavy atom. The van der Waals surface area contributed by atoms with Crippen LogP contribution in [0.4, 0.5) is 0 Å². The molecular weight excluding hydrogens is 399 g/mol. The molecule has 126 valence electrons. The zero-order valence-corrected chi connectivity index (χ0v) is 16.1. The van der Waals surface area contributed by atoms with E-state index in [0.717, 1.165) is 45.0 Å². The number of guanidine groups is 1. The third kappa shape index (κ3) is 7.23. The van der Waals surface area contributed by atoms with Crippen LogP contribution in [-0.4, -0.2) is 43.1 Å². The standard InChI is InChI=1S/C18H26N4.HI/c1-3-12-20-18(19-4-2)21-17-10-13-22(14-11-17)15-16-8-6-5-7-9-16;/h1,5-9,17H,4,10-15H2,2H3,(H2,19,20,21);1H. The molecule has 1 aromatic rings. The molecular formula is C18H27IN4. The number of rotatable bonds is 5. The van der Waals surface area contributed by atoms with Gasteiger partial charge in [0.25, 0.3) is 0 Å². The van der Waals surface area contributed by atoms with Crippen molar-refractivity contribution in [2.75, 3.05) is 26.2 Å². The number of aliphatic imine (C=N–C) groups is 1. The third-order valence-electron chi connectivity index (χ3n) is 3.85. The minimum atomic E-state index is 0. The summed E-state index contributed by atoms with van der Waals surface area (Å²) in [6, 6.07) is 11.1. The van der Waals surface area contributed by atoms with Gasteiger partial charge >= 0.3 is 0 Å². The van der Waals surface area contributed by atoms with Gasteiger partial charge < -0.3 is 10.6 Å². The first-order chi connectivity index (χ1) is 10.8. The van der Waals surface area contributed by atoms with Crippen LogP contribution in [0.1, 0.15) is 25.3 Å². The van der Waals surface area contributed by atoms with Gasteiger partial charge in [0.05, 0.1) is 0 Å². The molecule has 0 spiro atoms. The smallest absolute Gasteiger partial charge is 0.192 e. The molecule has 1 saturated heterocycles. The van der Waals surface area contributed by atoms with Gasteiger partial charge in [0.2, 0.25) is 0 Å². The quantitative estimate of drug-likeness (QED) is 0.329. The molecule has 1 fully saturated rings. The van der Waals surface area contributed by atoms with Gasteiger partial charge in [0, 0.05) is 32.2 Å². The van der Waals surface area contributed by atoms with E-state index in [2.05, 4.69) is 63.7 Å². The van der Waals surface area contributed by atoms with Crippen molar-refractivity contribution >= 4 is 29.9 Å². The molecule has 2 rings (SSSR count). The molecule has 1 aromatic carbocycles. The Morgan fingerprint density at radius 2 is 2.00 bits per heavy atom. The lowest BCUT2D eigenvalue weighted by Gasteiger charge is -2.33. The molecule has 0 atom stereocenters. The van der Waals surface area contributed by atoms with Crippen molar-refractivity contribution in [2.45, 2.75) is 32.4 Å². The first-order valence-corrected chi connectivity index (χ1v) is 8.06. The topological polar surface area (TPSA) is 39.7 Å². The summed E-state index contributed by atoms with van der Waals surface area (Å²) in [5, 5.41) is 6.74. The van der Waals surface area contributed by atoms with E-state index in [1.807, 2.05) is 0 Å². The number of hydrogen-bond acceptors (Lipinski definition) is 2. The minimum Gasteiger partial charge on any atom is -0.357 e. The van der Waals surface area contributed by atoms with Crippen molar-refractivity contribution in [1.82, 2.24) is 15.5 Å². The number of nitrogens with zero attached hydrogens (tertiary/aromatic N) is 2. The average molecular weight is 426 g/mol. The van der Waals surface area contributed by atoms with Crippen LogP contribution in [0.15, 0.2) is 35.3 Å². The van der Waals surface area contributed by atoms with E-state index < -0.39 is 0 Å². The highest BCUT2D eigenvalue weighted by Gasteiger charge is 2.19. The summed E-state index contributed by atoms with van der Waals surface area (Å²) < 4.78 is 0. The van der Waals surface area contributed by atoms with Crippen LogP contribution in [0.2, 0.25) is 0 Å². The lowest BCUT2D eigenvalue weighted by atomic mass is 10.0. The van der Waals surface area contributed by atoms with Gasteiger partial charge in [-0.05, 0) is 25.3 Å². The SMILES string of the molecule is C#CCN=C(NCC)NC1CCN(Cc2ccccc2)CC1.I. The van der Waals surface area contributed by atoms with Crippen LogP contribution in [0, 0.1) is 12.3 Å². The Morgan fingerprint density at radius 3 is 2.61 bits per heavy atom. The number of piperidine rings is 1. The largest absolute Gasteiger partial charge is 0.357 e. The monoisotopic (exact) mass is 426 g/mol. The molecule has 0 bridgehead atoms. The summed E-state index contributed by atoms with van der Waals surface area (Å²) in [4.78, 5) is 6.87. The summed E-state index contributed by atoms with van der Waals surface area (Å²) >= 11 is 0. The van der Waals surface area contributed by atoms with E-state index in [0.29, 0.717) is 12.6 Å². The summed E-state index contributed by atoms with van der Waals surface area (Å²) in [6.07, 6.45) is 7.54. The second-order valence-corrected chi connectivity index (χ2v) is 5.58. The maximum Gasteiger partial charge on any atom is 0.192 e. The third-order valence-corrected chi connectivity index (χ3v) is 3.85. The fourth-order valence-corrected chi connectivity index (χ4v) is 2.72. The van der Waals surface area contributed by atoms with Crippen LogP contribution < -0.4 is 10.6 Å². The summed E-state index contributed by atoms with van der Waals surface area (Å²) in [5.74, 6) is 3.39. The lowest BCUT2D eigenvalue weighted by Crippen LogP contribution is -2.48. The van der Waals surface area contributed by atoms with E-state index in [1.54, 1.807) is 0 Å². The number of likely N-dealkylation sites (tertiary alicyclic amines) is 1. The molecule has 0 unspecified atom stereocenters. The van der Waals surface area contributed by atoms with Crippen LogP contribution in [-0.2, 0) is 6.54 Å². The zero-order chi connectivity index (χ0) is 15.6. The van der Waals surface area contributed by atoms with Crippen molar-refractivity contribution in [3.05, 3.63) is 35.9 Å². The first kappa shape index (κ1) is 19.8. The number of halogens is 1. The molecule has 2 N–H and O–H groups in total. The van der Waals surface area contributed by atoms with Gasteiger partial charge in [0.15, 0.2) is 5.96 Å². The fraction of sp³-hybridized carbons (Fsp3) is 0.500. The molecule has 23 heavy (non-hydrogen) atoms. The molecule has 0 aliphatic carbocycles. The van der Waals surface area contributed by atoms with Crippen molar-refractivity contribution < 1.29 is 0 Å². The highest BCUT2D eigenvalue weighted by Crippen LogP contribution is 2.13. The second kappa shape index (κ2) is 11.3. The Bertz CT molecular complexity index is 502. The molecule has 4 nitrogen and oxygen atoms in total. The Labute approximate surface area is 157 Å². The molecule has 0 saturated carbocycles. The minimum absolute atomic E-state index is 0. The summed E-state index contributed by atoms with van der Waals surface area (Å²) in [7, 11) is 0. The predicted octanol–water partition coefficient (Wildman–Crippen LogP) is 2.46. The number of hydrogen-bond donors (Lipinski definition) is 2. The maximum atomic E-state index is 5.28.